The molecule has 4 N–H and O–H groups in total. The van der Waals surface area contributed by atoms with Gasteiger partial charge in [0, 0.05) is 31.4 Å². The Bertz CT molecular complexity index is 947. The molecule has 0 radical (unpaired) electrons. The van der Waals surface area contributed by atoms with Crippen LogP contribution >= 0.6 is 0 Å². The number of alkyl carbamates (subject to hydrolysis) is 1. The van der Waals surface area contributed by atoms with Crippen LogP contribution in [0.25, 0.3) is 11.1 Å². The zero-order valence-corrected chi connectivity index (χ0v) is 18.6. The first-order valence-corrected chi connectivity index (χ1v) is 11.2. The van der Waals surface area contributed by atoms with Crippen LogP contribution in [0, 0.1) is 0 Å². The van der Waals surface area contributed by atoms with E-state index in [0.717, 1.165) is 28.7 Å². The maximum atomic E-state index is 12.5. The number of aliphatic hydroxyl groups excluding tert-OH is 1. The van der Waals surface area contributed by atoms with Crippen LogP contribution in [0.2, 0.25) is 0 Å². The number of rotatable bonds is 11. The molecule has 0 bridgehead atoms. The van der Waals surface area contributed by atoms with Gasteiger partial charge in [-0.15, -0.1) is 0 Å². The average molecular weight is 455 g/mol. The van der Waals surface area contributed by atoms with Gasteiger partial charge in [0.05, 0.1) is 0 Å². The van der Waals surface area contributed by atoms with Crippen molar-refractivity contribution in [3.05, 3.63) is 59.7 Å². The number of carbonyl (C=O) groups excluding carboxylic acids is 2. The normalized spacial score (nSPS) is 14.0. The Balaban J connectivity index is 1.58. The van der Waals surface area contributed by atoms with E-state index in [4.69, 9.17) is 14.9 Å². The second kappa shape index (κ2) is 11.5. The smallest absolute Gasteiger partial charge is 0.407 e. The summed E-state index contributed by atoms with van der Waals surface area (Å²) >= 11 is 0. The van der Waals surface area contributed by atoms with E-state index >= 15 is 0 Å². The third kappa shape index (κ3) is 6.10. The van der Waals surface area contributed by atoms with Gasteiger partial charge in [-0.3, -0.25) is 4.79 Å². The molecule has 3 rings (SSSR count). The summed E-state index contributed by atoms with van der Waals surface area (Å²) in [6.07, 6.45) is 0.482. The van der Waals surface area contributed by atoms with E-state index in [2.05, 4.69) is 22.8 Å². The monoisotopic (exact) mass is 454 g/mol. The number of ether oxygens (including phenoxy) is 1. The fourth-order valence-corrected chi connectivity index (χ4v) is 4.24. The molecule has 2 aromatic carbocycles. The summed E-state index contributed by atoms with van der Waals surface area (Å²) in [5.74, 6) is -1.78. The maximum absolute atomic E-state index is 12.5. The summed E-state index contributed by atoms with van der Waals surface area (Å²) in [5, 5.41) is 23.2. The third-order valence-electron chi connectivity index (χ3n) is 5.79. The molecule has 0 spiro atoms. The van der Waals surface area contributed by atoms with Crippen molar-refractivity contribution in [1.82, 2.24) is 10.6 Å². The van der Waals surface area contributed by atoms with Crippen LogP contribution in [-0.2, 0) is 14.3 Å². The summed E-state index contributed by atoms with van der Waals surface area (Å²) in [7, 11) is 0. The first-order chi connectivity index (χ1) is 15.9. The quantitative estimate of drug-likeness (QED) is 0.414. The number of carboxylic acids is 1. The van der Waals surface area contributed by atoms with Crippen molar-refractivity contribution in [3.8, 4) is 11.1 Å². The zero-order valence-electron chi connectivity index (χ0n) is 18.6. The van der Waals surface area contributed by atoms with Gasteiger partial charge in [0.1, 0.15) is 12.6 Å². The fourth-order valence-electron chi connectivity index (χ4n) is 4.24. The highest BCUT2D eigenvalue weighted by molar-refractivity contribution is 5.84. The Hall–Kier alpha value is -3.39. The molecule has 2 aromatic rings. The van der Waals surface area contributed by atoms with E-state index in [-0.39, 0.29) is 32.0 Å². The van der Waals surface area contributed by atoms with Gasteiger partial charge in [-0.1, -0.05) is 61.9 Å². The molecule has 2 unspecified atom stereocenters. The molecule has 8 heteroatoms. The van der Waals surface area contributed by atoms with Crippen molar-refractivity contribution in [2.24, 2.45) is 0 Å². The predicted molar refractivity (Wildman–Crippen MR) is 123 cm³/mol. The number of benzene rings is 2. The molecule has 176 valence electrons. The van der Waals surface area contributed by atoms with Crippen LogP contribution in [0.3, 0.4) is 0 Å². The van der Waals surface area contributed by atoms with Crippen molar-refractivity contribution in [2.75, 3.05) is 13.2 Å². The largest absolute Gasteiger partial charge is 0.480 e. The van der Waals surface area contributed by atoms with Crippen LogP contribution in [0.5, 0.6) is 0 Å². The highest BCUT2D eigenvalue weighted by atomic mass is 16.5. The van der Waals surface area contributed by atoms with E-state index in [1.165, 1.54) is 0 Å². The van der Waals surface area contributed by atoms with Crippen molar-refractivity contribution >= 4 is 18.0 Å². The number of aliphatic carboxylic acids is 1. The highest BCUT2D eigenvalue weighted by Crippen LogP contribution is 2.44. The Kier molecular flexibility index (Phi) is 8.43. The fraction of sp³-hybridized carbons (Fsp3) is 0.400. The molecule has 2 atom stereocenters. The van der Waals surface area contributed by atoms with E-state index in [1.54, 1.807) is 0 Å². The van der Waals surface area contributed by atoms with Gasteiger partial charge in [0.15, 0.2) is 0 Å². The van der Waals surface area contributed by atoms with Crippen LogP contribution in [-0.4, -0.2) is 53.5 Å². The van der Waals surface area contributed by atoms with Gasteiger partial charge in [-0.25, -0.2) is 9.59 Å². The van der Waals surface area contributed by atoms with Crippen molar-refractivity contribution < 1.29 is 29.3 Å². The molecule has 8 nitrogen and oxygen atoms in total. The van der Waals surface area contributed by atoms with Gasteiger partial charge >= 0.3 is 12.1 Å². The van der Waals surface area contributed by atoms with Gasteiger partial charge < -0.3 is 25.6 Å². The Morgan fingerprint density at radius 3 is 2.12 bits per heavy atom. The van der Waals surface area contributed by atoms with Gasteiger partial charge in [0.2, 0.25) is 5.91 Å². The standard InChI is InChI=1S/C25H30N2O6/c1-2-7-16(14-23(29)27-22(12-13-28)24(30)31)26-25(32)33-15-21-19-10-5-3-8-17(19)18-9-4-6-11-20(18)21/h3-6,8-11,16,21-22,28H,2,7,12-15H2,1H3,(H,26,32)(H,27,29)(H,30,31). The third-order valence-corrected chi connectivity index (χ3v) is 5.79. The molecule has 0 fully saturated rings. The molecule has 0 saturated carbocycles. The zero-order chi connectivity index (χ0) is 23.8. The van der Waals surface area contributed by atoms with Crippen molar-refractivity contribution in [1.29, 1.82) is 0 Å². The number of hydrogen-bond acceptors (Lipinski definition) is 5. The Morgan fingerprint density at radius 2 is 1.58 bits per heavy atom. The molecule has 0 saturated heterocycles. The highest BCUT2D eigenvalue weighted by Gasteiger charge is 2.29. The van der Waals surface area contributed by atoms with Crippen molar-refractivity contribution in [2.45, 2.75) is 50.6 Å². The van der Waals surface area contributed by atoms with Crippen molar-refractivity contribution in [3.63, 3.8) is 0 Å². The lowest BCUT2D eigenvalue weighted by Gasteiger charge is -2.20. The number of fused-ring (bicyclic) bond motifs is 3. The van der Waals surface area contributed by atoms with Crippen LogP contribution in [0.15, 0.2) is 48.5 Å². The van der Waals surface area contributed by atoms with Crippen LogP contribution < -0.4 is 10.6 Å². The van der Waals surface area contributed by atoms with Crippen LogP contribution in [0.4, 0.5) is 4.79 Å². The average Bonchev–Trinajstić information content (AvgIpc) is 3.11. The summed E-state index contributed by atoms with van der Waals surface area (Å²) < 4.78 is 5.55. The lowest BCUT2D eigenvalue weighted by Crippen LogP contribution is -2.45. The Labute approximate surface area is 193 Å². The molecule has 0 aromatic heterocycles. The summed E-state index contributed by atoms with van der Waals surface area (Å²) in [6.45, 7) is 1.74. The SMILES string of the molecule is CCCC(CC(=O)NC(CCO)C(=O)O)NC(=O)OCC1c2ccccc2-c2ccccc21. The van der Waals surface area contributed by atoms with Gasteiger partial charge in [0.25, 0.3) is 0 Å². The lowest BCUT2D eigenvalue weighted by molar-refractivity contribution is -0.142. The molecule has 1 aliphatic carbocycles. The first kappa shape index (κ1) is 24.3. The molecule has 2 amide bonds. The number of aliphatic hydroxyl groups is 1. The molecule has 33 heavy (non-hydrogen) atoms. The molecule has 0 aliphatic heterocycles. The first-order valence-electron chi connectivity index (χ1n) is 11.2. The molecular weight excluding hydrogens is 424 g/mol. The number of hydrogen-bond donors (Lipinski definition) is 4. The van der Waals surface area contributed by atoms with Gasteiger partial charge in [-0.05, 0) is 28.7 Å². The lowest BCUT2D eigenvalue weighted by atomic mass is 9.98. The van der Waals surface area contributed by atoms with Gasteiger partial charge in [-0.2, -0.15) is 0 Å². The number of nitrogens with one attached hydrogen (secondary N) is 2. The minimum absolute atomic E-state index is 0.0640. The van der Waals surface area contributed by atoms with E-state index in [1.807, 2.05) is 43.3 Å². The van der Waals surface area contributed by atoms with E-state index in [0.29, 0.717) is 6.42 Å². The number of carboxylic acid groups (broad SMARTS) is 1. The van der Waals surface area contributed by atoms with E-state index in [9.17, 15) is 14.4 Å². The minimum Gasteiger partial charge on any atom is -0.480 e. The topological polar surface area (TPSA) is 125 Å². The van der Waals surface area contributed by atoms with E-state index < -0.39 is 30.1 Å². The number of amides is 2. The summed E-state index contributed by atoms with van der Waals surface area (Å²) in [6, 6.07) is 14.4. The molecular formula is C25H30N2O6. The summed E-state index contributed by atoms with van der Waals surface area (Å²) in [4.78, 5) is 36.0. The maximum Gasteiger partial charge on any atom is 0.407 e. The minimum atomic E-state index is -1.21. The summed E-state index contributed by atoms with van der Waals surface area (Å²) in [5.41, 5.74) is 4.50. The molecule has 1 aliphatic rings. The predicted octanol–water partition coefficient (Wildman–Crippen LogP) is 3.04. The second-order valence-electron chi connectivity index (χ2n) is 8.13. The number of carbonyl (C=O) groups is 3. The Morgan fingerprint density at radius 1 is 0.970 bits per heavy atom. The van der Waals surface area contributed by atoms with Crippen LogP contribution in [0.1, 0.15) is 49.7 Å². The molecule has 0 heterocycles. The second-order valence-corrected chi connectivity index (χ2v) is 8.13.